The van der Waals surface area contributed by atoms with Gasteiger partial charge < -0.3 is 0 Å². The Bertz CT molecular complexity index is 1110. The van der Waals surface area contributed by atoms with Crippen molar-refractivity contribution in [3.63, 3.8) is 0 Å². The molecule has 0 bridgehead atoms. The summed E-state index contributed by atoms with van der Waals surface area (Å²) in [6, 6.07) is 14.0. The van der Waals surface area contributed by atoms with E-state index in [1.807, 2.05) is 0 Å². The standard InChI is InChI=1S/C44H76.H2O4S/c1-3-5-7-9-11-13-15-17-19-21-23-25-27-29-31-35-41-39-40-42-36-33-34-38-44(42)43(41)37-32-30-28-26-24-22-20-18-16-14-12-10-8-6-4-2;1-5(2,3)4/h33-34,36,38-40H,3-32,35,37H2,1-2H3;(H2,1,2,3,4). The van der Waals surface area contributed by atoms with Crippen molar-refractivity contribution in [2.45, 2.75) is 219 Å². The van der Waals surface area contributed by atoms with Gasteiger partial charge in [0.05, 0.1) is 0 Å². The van der Waals surface area contributed by atoms with Crippen LogP contribution in [0.25, 0.3) is 10.8 Å². The quantitative estimate of drug-likeness (QED) is 0.0588. The Hall–Kier alpha value is -1.43. The van der Waals surface area contributed by atoms with Crippen LogP contribution >= 0.6 is 0 Å². The fourth-order valence-corrected chi connectivity index (χ4v) is 7.27. The average Bonchev–Trinajstić information content (AvgIpc) is 3.08. The fraction of sp³-hybridized carbons (Fsp3) is 0.773. The van der Waals surface area contributed by atoms with Gasteiger partial charge in [-0.2, -0.15) is 8.42 Å². The molecule has 0 heterocycles. The largest absolute Gasteiger partial charge is 0.394 e. The van der Waals surface area contributed by atoms with Gasteiger partial charge in [0.15, 0.2) is 0 Å². The Balaban J connectivity index is 0.00000223. The van der Waals surface area contributed by atoms with Crippen molar-refractivity contribution in [1.82, 2.24) is 0 Å². The van der Waals surface area contributed by atoms with E-state index in [0.717, 1.165) is 0 Å². The molecule has 4 nitrogen and oxygen atoms in total. The molecule has 284 valence electrons. The first-order valence-electron chi connectivity index (χ1n) is 21.1. The van der Waals surface area contributed by atoms with Gasteiger partial charge in [0.25, 0.3) is 0 Å². The SMILES string of the molecule is CCCCCCCCCCCCCCCCCc1ccc2ccccc2c1CCCCCCCCCCCCCCCCC.O=S(=O)(O)O. The number of aryl methyl sites for hydroxylation is 2. The monoisotopic (exact) mass is 703 g/mol. The maximum Gasteiger partial charge on any atom is 0.394 e. The highest BCUT2D eigenvalue weighted by atomic mass is 32.3. The first kappa shape index (κ1) is 45.6. The first-order valence-corrected chi connectivity index (χ1v) is 22.5. The van der Waals surface area contributed by atoms with Crippen molar-refractivity contribution in [3.05, 3.63) is 47.5 Å². The molecule has 0 aliphatic rings. The Morgan fingerprint density at radius 2 is 0.714 bits per heavy atom. The van der Waals surface area contributed by atoms with E-state index in [2.05, 4.69) is 50.2 Å². The van der Waals surface area contributed by atoms with Crippen molar-refractivity contribution >= 4 is 21.2 Å². The lowest BCUT2D eigenvalue weighted by Gasteiger charge is -2.14. The number of unbranched alkanes of at least 4 members (excludes halogenated alkanes) is 28. The van der Waals surface area contributed by atoms with E-state index in [1.54, 1.807) is 11.1 Å². The fourth-order valence-electron chi connectivity index (χ4n) is 7.27. The van der Waals surface area contributed by atoms with Crippen LogP contribution in [0.5, 0.6) is 0 Å². The summed E-state index contributed by atoms with van der Waals surface area (Å²) in [5.74, 6) is 0. The molecule has 0 spiro atoms. The van der Waals surface area contributed by atoms with E-state index in [9.17, 15) is 0 Å². The molecule has 0 saturated heterocycles. The lowest BCUT2D eigenvalue weighted by Crippen LogP contribution is -1.97. The predicted octanol–water partition coefficient (Wildman–Crippen LogP) is 15.0. The third-order valence-corrected chi connectivity index (χ3v) is 10.2. The van der Waals surface area contributed by atoms with E-state index in [4.69, 9.17) is 17.5 Å². The van der Waals surface area contributed by atoms with E-state index in [0.29, 0.717) is 0 Å². The molecule has 0 aliphatic heterocycles. The lowest BCUT2D eigenvalue weighted by atomic mass is 9.91. The Labute approximate surface area is 304 Å². The summed E-state index contributed by atoms with van der Waals surface area (Å²) in [5, 5.41) is 2.96. The van der Waals surface area contributed by atoms with Gasteiger partial charge in [0.1, 0.15) is 0 Å². The maximum absolute atomic E-state index is 8.74. The van der Waals surface area contributed by atoms with Gasteiger partial charge in [-0.25, -0.2) is 0 Å². The van der Waals surface area contributed by atoms with Crippen molar-refractivity contribution in [2.24, 2.45) is 0 Å². The topological polar surface area (TPSA) is 74.6 Å². The molecule has 5 heteroatoms. The molecule has 0 saturated carbocycles. The number of benzene rings is 2. The molecule has 49 heavy (non-hydrogen) atoms. The van der Waals surface area contributed by atoms with Crippen molar-refractivity contribution in [2.75, 3.05) is 0 Å². The molecule has 0 radical (unpaired) electrons. The third kappa shape index (κ3) is 28.9. The number of hydrogen-bond donors (Lipinski definition) is 2. The summed E-state index contributed by atoms with van der Waals surface area (Å²) in [4.78, 5) is 0. The van der Waals surface area contributed by atoms with Crippen LogP contribution in [0.1, 0.15) is 218 Å². The van der Waals surface area contributed by atoms with E-state index in [-0.39, 0.29) is 0 Å². The molecular formula is C44H78O4S. The predicted molar refractivity (Wildman–Crippen MR) is 215 cm³/mol. The maximum atomic E-state index is 8.74. The van der Waals surface area contributed by atoms with Crippen LogP contribution in [-0.2, 0) is 23.2 Å². The zero-order valence-electron chi connectivity index (χ0n) is 32.2. The van der Waals surface area contributed by atoms with Gasteiger partial charge in [0, 0.05) is 0 Å². The highest BCUT2D eigenvalue weighted by Gasteiger charge is 2.08. The van der Waals surface area contributed by atoms with Gasteiger partial charge in [-0.15, -0.1) is 0 Å². The minimum atomic E-state index is -4.67. The van der Waals surface area contributed by atoms with Crippen LogP contribution in [-0.4, -0.2) is 17.5 Å². The van der Waals surface area contributed by atoms with Crippen LogP contribution < -0.4 is 0 Å². The van der Waals surface area contributed by atoms with Crippen LogP contribution in [0.2, 0.25) is 0 Å². The second-order valence-electron chi connectivity index (χ2n) is 14.8. The van der Waals surface area contributed by atoms with E-state index in [1.165, 1.54) is 216 Å². The van der Waals surface area contributed by atoms with Gasteiger partial charge >= 0.3 is 10.4 Å². The first-order chi connectivity index (χ1) is 23.9. The summed E-state index contributed by atoms with van der Waals surface area (Å²) in [7, 11) is -4.67. The minimum absolute atomic E-state index is 1.27. The molecule has 0 fully saturated rings. The smallest absolute Gasteiger partial charge is 0.264 e. The molecule has 0 atom stereocenters. The van der Waals surface area contributed by atoms with E-state index >= 15 is 0 Å². The third-order valence-electron chi connectivity index (χ3n) is 10.2. The highest BCUT2D eigenvalue weighted by Crippen LogP contribution is 2.27. The molecular weight excluding hydrogens is 625 g/mol. The molecule has 2 aromatic rings. The van der Waals surface area contributed by atoms with Crippen molar-refractivity contribution < 1.29 is 17.5 Å². The molecule has 2 N–H and O–H groups in total. The van der Waals surface area contributed by atoms with Crippen LogP contribution in [0, 0.1) is 0 Å². The normalized spacial score (nSPS) is 11.6. The summed E-state index contributed by atoms with van der Waals surface area (Å²) in [6.45, 7) is 4.62. The Morgan fingerprint density at radius 1 is 0.408 bits per heavy atom. The number of fused-ring (bicyclic) bond motifs is 1. The molecule has 0 amide bonds. The van der Waals surface area contributed by atoms with Crippen molar-refractivity contribution in [1.29, 1.82) is 0 Å². The Morgan fingerprint density at radius 3 is 1.08 bits per heavy atom. The van der Waals surface area contributed by atoms with Gasteiger partial charge in [-0.3, -0.25) is 9.11 Å². The summed E-state index contributed by atoms with van der Waals surface area (Å²) in [6.07, 6.45) is 45.8. The number of rotatable bonds is 32. The summed E-state index contributed by atoms with van der Waals surface area (Å²) >= 11 is 0. The summed E-state index contributed by atoms with van der Waals surface area (Å²) in [5.41, 5.74) is 3.31. The molecule has 0 aromatic heterocycles. The lowest BCUT2D eigenvalue weighted by molar-refractivity contribution is 0.381. The second-order valence-corrected chi connectivity index (χ2v) is 15.7. The summed E-state index contributed by atoms with van der Waals surface area (Å²) < 4.78 is 31.6. The van der Waals surface area contributed by atoms with Crippen LogP contribution in [0.15, 0.2) is 36.4 Å². The minimum Gasteiger partial charge on any atom is -0.264 e. The molecule has 2 rings (SSSR count). The van der Waals surface area contributed by atoms with Gasteiger partial charge in [0.2, 0.25) is 0 Å². The molecule has 0 unspecified atom stereocenters. The van der Waals surface area contributed by atoms with Crippen molar-refractivity contribution in [3.8, 4) is 0 Å². The Kier molecular flexibility index (Phi) is 30.2. The van der Waals surface area contributed by atoms with E-state index < -0.39 is 10.4 Å². The second kappa shape index (κ2) is 32.5. The van der Waals surface area contributed by atoms with Gasteiger partial charge in [-0.05, 0) is 47.6 Å². The van der Waals surface area contributed by atoms with Crippen LogP contribution in [0.3, 0.4) is 0 Å². The number of hydrogen-bond acceptors (Lipinski definition) is 2. The highest BCUT2D eigenvalue weighted by molar-refractivity contribution is 7.79. The van der Waals surface area contributed by atoms with Crippen LogP contribution in [0.4, 0.5) is 0 Å². The zero-order chi connectivity index (χ0) is 35.7. The zero-order valence-corrected chi connectivity index (χ0v) is 33.0. The molecule has 2 aromatic carbocycles. The molecule has 0 aliphatic carbocycles. The average molecular weight is 703 g/mol. The van der Waals surface area contributed by atoms with Gasteiger partial charge in [-0.1, -0.05) is 230 Å².